The number of benzene rings is 1. The SMILES string of the molecule is CCCc1cccc2c(-c3nc(C)ncc3/C(C=N)=C(\C)N)cn(C)c12.CN. The van der Waals surface area contributed by atoms with E-state index in [1.807, 2.05) is 6.92 Å². The third-order valence-corrected chi connectivity index (χ3v) is 4.63. The van der Waals surface area contributed by atoms with Crippen LogP contribution in [0.2, 0.25) is 0 Å². The highest BCUT2D eigenvalue weighted by Gasteiger charge is 2.18. The molecule has 0 amide bonds. The van der Waals surface area contributed by atoms with Crippen molar-refractivity contribution in [1.82, 2.24) is 14.5 Å². The maximum Gasteiger partial charge on any atom is 0.125 e. The van der Waals surface area contributed by atoms with Crippen molar-refractivity contribution in [3.63, 3.8) is 0 Å². The second kappa shape index (κ2) is 9.28. The quantitative estimate of drug-likeness (QED) is 0.587. The minimum absolute atomic E-state index is 0.584. The Balaban J connectivity index is 0.00000136. The lowest BCUT2D eigenvalue weighted by molar-refractivity contribution is 0.903. The average Bonchev–Trinajstić information content (AvgIpc) is 3.03. The van der Waals surface area contributed by atoms with Crippen molar-refractivity contribution in [3.8, 4) is 11.3 Å². The number of aromatic nitrogens is 3. The van der Waals surface area contributed by atoms with Gasteiger partial charge in [-0.3, -0.25) is 0 Å². The summed E-state index contributed by atoms with van der Waals surface area (Å²) in [5.41, 5.74) is 17.0. The zero-order valence-electron chi connectivity index (χ0n) is 17.4. The molecule has 2 heterocycles. The zero-order valence-corrected chi connectivity index (χ0v) is 17.4. The van der Waals surface area contributed by atoms with Crippen molar-refractivity contribution in [2.45, 2.75) is 33.6 Å². The van der Waals surface area contributed by atoms with Gasteiger partial charge in [-0.1, -0.05) is 31.5 Å². The number of rotatable bonds is 5. The summed E-state index contributed by atoms with van der Waals surface area (Å²) in [6.45, 7) is 5.87. The summed E-state index contributed by atoms with van der Waals surface area (Å²) >= 11 is 0. The highest BCUT2D eigenvalue weighted by Crippen LogP contribution is 2.35. The Bertz CT molecular complexity index is 1010. The molecule has 0 radical (unpaired) electrons. The molecule has 6 heteroatoms. The number of aryl methyl sites for hydroxylation is 3. The number of allylic oxidation sites excluding steroid dienone is 2. The molecule has 0 saturated carbocycles. The first-order valence-corrected chi connectivity index (χ1v) is 9.43. The molecule has 0 fully saturated rings. The van der Waals surface area contributed by atoms with Crippen molar-refractivity contribution in [2.24, 2.45) is 18.5 Å². The van der Waals surface area contributed by atoms with Crippen LogP contribution in [0.5, 0.6) is 0 Å². The van der Waals surface area contributed by atoms with Gasteiger partial charge in [-0.2, -0.15) is 0 Å². The summed E-state index contributed by atoms with van der Waals surface area (Å²) in [4.78, 5) is 9.06. The van der Waals surface area contributed by atoms with Crippen molar-refractivity contribution in [2.75, 3.05) is 7.05 Å². The number of hydrogen-bond donors (Lipinski definition) is 3. The molecule has 3 aromatic rings. The fourth-order valence-corrected chi connectivity index (χ4v) is 3.49. The largest absolute Gasteiger partial charge is 0.402 e. The van der Waals surface area contributed by atoms with Crippen LogP contribution in [0.4, 0.5) is 0 Å². The summed E-state index contributed by atoms with van der Waals surface area (Å²) in [6, 6.07) is 6.43. The number of para-hydroxylation sites is 1. The minimum Gasteiger partial charge on any atom is -0.402 e. The van der Waals surface area contributed by atoms with Crippen LogP contribution in [0.25, 0.3) is 27.7 Å². The maximum absolute atomic E-state index is 7.77. The molecule has 0 aliphatic heterocycles. The molecule has 0 saturated heterocycles. The van der Waals surface area contributed by atoms with E-state index in [4.69, 9.17) is 16.1 Å². The van der Waals surface area contributed by atoms with Crippen LogP contribution in [-0.2, 0) is 13.5 Å². The summed E-state index contributed by atoms with van der Waals surface area (Å²) in [6.07, 6.45) is 7.30. The molecule has 2 aromatic heterocycles. The van der Waals surface area contributed by atoms with Crippen molar-refractivity contribution in [3.05, 3.63) is 53.2 Å². The second-order valence-corrected chi connectivity index (χ2v) is 6.64. The lowest BCUT2D eigenvalue weighted by Gasteiger charge is -2.11. The number of nitrogens with zero attached hydrogens (tertiary/aromatic N) is 3. The first kappa shape index (κ1) is 21.3. The maximum atomic E-state index is 7.77. The fraction of sp³-hybridized carbons (Fsp3) is 0.318. The predicted octanol–water partition coefficient (Wildman–Crippen LogP) is 3.81. The Labute approximate surface area is 166 Å². The summed E-state index contributed by atoms with van der Waals surface area (Å²) < 4.78 is 2.17. The molecule has 5 N–H and O–H groups in total. The molecule has 6 nitrogen and oxygen atoms in total. The third-order valence-electron chi connectivity index (χ3n) is 4.63. The zero-order chi connectivity index (χ0) is 20.8. The molecule has 1 aromatic carbocycles. The van der Waals surface area contributed by atoms with Crippen molar-refractivity contribution in [1.29, 1.82) is 5.41 Å². The Kier molecular flexibility index (Phi) is 7.06. The van der Waals surface area contributed by atoms with Crippen LogP contribution in [0, 0.1) is 12.3 Å². The molecule has 0 unspecified atom stereocenters. The minimum atomic E-state index is 0.584. The Morgan fingerprint density at radius 2 is 2.00 bits per heavy atom. The fourth-order valence-electron chi connectivity index (χ4n) is 3.49. The van der Waals surface area contributed by atoms with Gasteiger partial charge in [0.25, 0.3) is 0 Å². The van der Waals surface area contributed by atoms with Crippen LogP contribution in [0.1, 0.15) is 37.2 Å². The first-order valence-electron chi connectivity index (χ1n) is 9.43. The van der Waals surface area contributed by atoms with Gasteiger partial charge in [-0.15, -0.1) is 0 Å². The lowest BCUT2D eigenvalue weighted by Crippen LogP contribution is -2.03. The molecule has 148 valence electrons. The number of nitrogens with one attached hydrogen (secondary N) is 1. The molecule has 0 aliphatic carbocycles. The molecular formula is C22H30N6. The van der Waals surface area contributed by atoms with Gasteiger partial charge in [0.1, 0.15) is 5.82 Å². The molecule has 0 atom stereocenters. The van der Waals surface area contributed by atoms with Crippen LogP contribution in [0.3, 0.4) is 0 Å². The van der Waals surface area contributed by atoms with Gasteiger partial charge in [0.2, 0.25) is 0 Å². The summed E-state index contributed by atoms with van der Waals surface area (Å²) in [7, 11) is 3.57. The van der Waals surface area contributed by atoms with E-state index in [-0.39, 0.29) is 0 Å². The molecule has 0 spiro atoms. The van der Waals surface area contributed by atoms with Gasteiger partial charge in [0.05, 0.1) is 11.2 Å². The van der Waals surface area contributed by atoms with E-state index >= 15 is 0 Å². The van der Waals surface area contributed by atoms with Crippen molar-refractivity contribution < 1.29 is 0 Å². The summed E-state index contributed by atoms with van der Waals surface area (Å²) in [5.74, 6) is 0.699. The molecule has 3 rings (SSSR count). The predicted molar refractivity (Wildman–Crippen MR) is 118 cm³/mol. The van der Waals surface area contributed by atoms with Gasteiger partial charge in [0, 0.05) is 53.4 Å². The molecule has 0 bridgehead atoms. The Hall–Kier alpha value is -2.99. The molecule has 28 heavy (non-hydrogen) atoms. The van der Waals surface area contributed by atoms with E-state index in [0.29, 0.717) is 17.1 Å². The van der Waals surface area contributed by atoms with Gasteiger partial charge in [0.15, 0.2) is 0 Å². The van der Waals surface area contributed by atoms with Gasteiger partial charge in [-0.25, -0.2) is 9.97 Å². The first-order chi connectivity index (χ1) is 13.5. The highest BCUT2D eigenvalue weighted by molar-refractivity contribution is 6.12. The van der Waals surface area contributed by atoms with Crippen LogP contribution in [0.15, 0.2) is 36.3 Å². The van der Waals surface area contributed by atoms with E-state index in [0.717, 1.165) is 35.0 Å². The monoisotopic (exact) mass is 378 g/mol. The summed E-state index contributed by atoms with van der Waals surface area (Å²) in [5, 5.41) is 8.94. The lowest BCUT2D eigenvalue weighted by atomic mass is 9.98. The topological polar surface area (TPSA) is 107 Å². The Morgan fingerprint density at radius 3 is 2.61 bits per heavy atom. The van der Waals surface area contributed by atoms with Crippen molar-refractivity contribution >= 4 is 22.7 Å². The standard InChI is InChI=1S/C21H25N5.CH5N/c1-5-7-15-8-6-9-16-19(12-26(4)21(15)16)20-18(11-24-14(3)25-20)17(10-22)13(2)23;1-2/h6,8-12,22H,5,7,23H2,1-4H3;2H2,1H3/b17-13+,22-10?;. The Morgan fingerprint density at radius 1 is 1.29 bits per heavy atom. The average molecular weight is 379 g/mol. The second-order valence-electron chi connectivity index (χ2n) is 6.64. The third kappa shape index (κ3) is 3.97. The van der Waals surface area contributed by atoms with E-state index in [2.05, 4.69) is 53.7 Å². The smallest absolute Gasteiger partial charge is 0.125 e. The molecule has 0 aliphatic rings. The van der Waals surface area contributed by atoms with Crippen LogP contribution >= 0.6 is 0 Å². The normalized spacial score (nSPS) is 11.6. The van der Waals surface area contributed by atoms with E-state index in [1.54, 1.807) is 13.1 Å². The van der Waals surface area contributed by atoms with Gasteiger partial charge < -0.3 is 21.4 Å². The van der Waals surface area contributed by atoms with E-state index in [9.17, 15) is 0 Å². The van der Waals surface area contributed by atoms with E-state index < -0.39 is 0 Å². The molecular weight excluding hydrogens is 348 g/mol. The van der Waals surface area contributed by atoms with Crippen LogP contribution < -0.4 is 11.5 Å². The number of fused-ring (bicyclic) bond motifs is 1. The van der Waals surface area contributed by atoms with Gasteiger partial charge >= 0.3 is 0 Å². The highest BCUT2D eigenvalue weighted by atomic mass is 14.9. The number of nitrogens with two attached hydrogens (primary N) is 2. The number of hydrogen-bond acceptors (Lipinski definition) is 5. The van der Waals surface area contributed by atoms with Gasteiger partial charge in [-0.05, 0) is 32.9 Å². The van der Waals surface area contributed by atoms with Crippen LogP contribution in [-0.4, -0.2) is 27.8 Å². The van der Waals surface area contributed by atoms with E-state index in [1.165, 1.54) is 24.3 Å².